The molecule has 0 bridgehead atoms. The van der Waals surface area contributed by atoms with Gasteiger partial charge in [0.15, 0.2) is 5.82 Å². The molecule has 2 aromatic rings. The lowest BCUT2D eigenvalue weighted by Crippen LogP contribution is -2.51. The van der Waals surface area contributed by atoms with Crippen molar-refractivity contribution in [2.24, 2.45) is 5.92 Å². The molecule has 3 N–H and O–H groups in total. The van der Waals surface area contributed by atoms with Gasteiger partial charge in [-0.2, -0.15) is 10.1 Å². The minimum Gasteiger partial charge on any atom is -0.339 e. The quantitative estimate of drug-likeness (QED) is 0.787. The third-order valence-corrected chi connectivity index (χ3v) is 4.88. The molecule has 2 saturated heterocycles. The highest BCUT2D eigenvalue weighted by Crippen LogP contribution is 2.39. The summed E-state index contributed by atoms with van der Waals surface area (Å²) in [7, 11) is 0. The summed E-state index contributed by atoms with van der Waals surface area (Å²) in [6, 6.07) is 4.59. The predicted octanol–water partition coefficient (Wildman–Crippen LogP) is 1.23. The van der Waals surface area contributed by atoms with Gasteiger partial charge in [-0.1, -0.05) is 0 Å². The molecule has 3 fully saturated rings. The fourth-order valence-electron chi connectivity index (χ4n) is 3.32. The number of aromatic nitrogens is 4. The van der Waals surface area contributed by atoms with Crippen molar-refractivity contribution in [1.29, 1.82) is 0 Å². The van der Waals surface area contributed by atoms with E-state index in [0.717, 1.165) is 43.1 Å². The average molecular weight is 297 g/mol. The summed E-state index contributed by atoms with van der Waals surface area (Å²) in [6.45, 7) is 3.17. The van der Waals surface area contributed by atoms with Crippen LogP contribution in [0.4, 0.5) is 17.6 Å². The smallest absolute Gasteiger partial charge is 0.227 e. The van der Waals surface area contributed by atoms with E-state index in [0.29, 0.717) is 12.0 Å². The Balaban J connectivity index is 1.32. The number of hydrogen-bond acceptors (Lipinski definition) is 6. The molecule has 114 valence electrons. The monoisotopic (exact) mass is 297 g/mol. The first-order valence-electron chi connectivity index (χ1n) is 7.99. The molecule has 2 aliphatic heterocycles. The number of nitrogens with zero attached hydrogens (tertiary/aromatic N) is 4. The van der Waals surface area contributed by atoms with E-state index in [1.807, 2.05) is 12.3 Å². The molecular weight excluding hydrogens is 278 g/mol. The molecule has 1 saturated carbocycles. The van der Waals surface area contributed by atoms with Gasteiger partial charge in [-0.15, -0.1) is 0 Å². The molecule has 1 aliphatic carbocycles. The van der Waals surface area contributed by atoms with E-state index in [2.05, 4.69) is 41.8 Å². The van der Waals surface area contributed by atoms with Gasteiger partial charge in [-0.05, 0) is 18.9 Å². The number of rotatable bonds is 4. The van der Waals surface area contributed by atoms with Gasteiger partial charge in [0.05, 0.1) is 0 Å². The van der Waals surface area contributed by atoms with E-state index in [-0.39, 0.29) is 0 Å². The molecular formula is C15H19N7. The van der Waals surface area contributed by atoms with Gasteiger partial charge in [-0.3, -0.25) is 5.10 Å². The van der Waals surface area contributed by atoms with Crippen LogP contribution in [0.5, 0.6) is 0 Å². The third kappa shape index (κ3) is 2.12. The molecule has 0 spiro atoms. The zero-order valence-electron chi connectivity index (χ0n) is 12.3. The maximum absolute atomic E-state index is 4.64. The lowest BCUT2D eigenvalue weighted by Gasteiger charge is -2.29. The SMILES string of the molecule is c1cc(Nc2cc(C3CC3)[nH]n2)nc(N2C[C@@H]3CN[C@@H]3C2)n1. The maximum Gasteiger partial charge on any atom is 0.227 e. The van der Waals surface area contributed by atoms with Crippen molar-refractivity contribution < 1.29 is 0 Å². The molecule has 0 amide bonds. The molecule has 7 heteroatoms. The normalized spacial score (nSPS) is 26.6. The van der Waals surface area contributed by atoms with E-state index >= 15 is 0 Å². The number of nitrogens with one attached hydrogen (secondary N) is 3. The number of anilines is 3. The summed E-state index contributed by atoms with van der Waals surface area (Å²) in [5.74, 6) is 3.86. The number of aromatic amines is 1. The van der Waals surface area contributed by atoms with Gasteiger partial charge < -0.3 is 15.5 Å². The zero-order chi connectivity index (χ0) is 14.5. The third-order valence-electron chi connectivity index (χ3n) is 4.88. The van der Waals surface area contributed by atoms with Crippen molar-refractivity contribution in [3.8, 4) is 0 Å². The van der Waals surface area contributed by atoms with Crippen molar-refractivity contribution in [3.63, 3.8) is 0 Å². The highest BCUT2D eigenvalue weighted by atomic mass is 15.3. The molecule has 0 radical (unpaired) electrons. The Labute approximate surface area is 128 Å². The van der Waals surface area contributed by atoms with Crippen LogP contribution in [-0.4, -0.2) is 45.8 Å². The van der Waals surface area contributed by atoms with Crippen LogP contribution in [0.3, 0.4) is 0 Å². The van der Waals surface area contributed by atoms with Crippen molar-refractivity contribution in [1.82, 2.24) is 25.5 Å². The Morgan fingerprint density at radius 3 is 2.91 bits per heavy atom. The van der Waals surface area contributed by atoms with Gasteiger partial charge in [0.1, 0.15) is 5.82 Å². The second kappa shape index (κ2) is 4.67. The highest BCUT2D eigenvalue weighted by Gasteiger charge is 2.39. The second-order valence-electron chi connectivity index (χ2n) is 6.53. The average Bonchev–Trinajstić information content (AvgIpc) is 3.19. The number of fused-ring (bicyclic) bond motifs is 1. The topological polar surface area (TPSA) is 81.8 Å². The standard InChI is InChI=1S/C15H19N7/c1-2-9(1)11-5-14(21-20-11)18-13-3-4-16-15(19-13)22-7-10-6-17-12(10)8-22/h3-5,9-10,12,17H,1-2,6-8H2,(H2,16,18,19,20,21)/t10-,12+/m0/s1. The van der Waals surface area contributed by atoms with Gasteiger partial charge in [0.25, 0.3) is 0 Å². The summed E-state index contributed by atoms with van der Waals surface area (Å²) in [4.78, 5) is 11.3. The molecule has 0 unspecified atom stereocenters. The maximum atomic E-state index is 4.64. The van der Waals surface area contributed by atoms with Crippen LogP contribution < -0.4 is 15.5 Å². The summed E-state index contributed by atoms with van der Waals surface area (Å²) in [5.41, 5.74) is 1.22. The predicted molar refractivity (Wildman–Crippen MR) is 83.4 cm³/mol. The molecule has 0 aromatic carbocycles. The second-order valence-corrected chi connectivity index (χ2v) is 6.53. The fourth-order valence-corrected chi connectivity index (χ4v) is 3.32. The first-order chi connectivity index (χ1) is 10.8. The van der Waals surface area contributed by atoms with E-state index < -0.39 is 0 Å². The van der Waals surface area contributed by atoms with Crippen LogP contribution in [0.25, 0.3) is 0 Å². The molecule has 2 atom stereocenters. The van der Waals surface area contributed by atoms with Crippen LogP contribution in [0, 0.1) is 5.92 Å². The largest absolute Gasteiger partial charge is 0.339 e. The van der Waals surface area contributed by atoms with Crippen LogP contribution in [0.15, 0.2) is 18.3 Å². The number of hydrogen-bond donors (Lipinski definition) is 3. The van der Waals surface area contributed by atoms with Crippen molar-refractivity contribution in [3.05, 3.63) is 24.0 Å². The van der Waals surface area contributed by atoms with Crippen molar-refractivity contribution >= 4 is 17.6 Å². The zero-order valence-corrected chi connectivity index (χ0v) is 12.3. The minimum atomic E-state index is 0.618. The van der Waals surface area contributed by atoms with Gasteiger partial charge in [0, 0.05) is 55.5 Å². The summed E-state index contributed by atoms with van der Waals surface area (Å²) in [5, 5.41) is 14.1. The lowest BCUT2D eigenvalue weighted by molar-refractivity contribution is 0.297. The molecule has 22 heavy (non-hydrogen) atoms. The fraction of sp³-hybridized carbons (Fsp3) is 0.533. The van der Waals surface area contributed by atoms with Crippen LogP contribution in [0.2, 0.25) is 0 Å². The minimum absolute atomic E-state index is 0.618. The Morgan fingerprint density at radius 1 is 1.23 bits per heavy atom. The van der Waals surface area contributed by atoms with Crippen molar-refractivity contribution in [2.45, 2.75) is 24.8 Å². The van der Waals surface area contributed by atoms with E-state index in [1.54, 1.807) is 0 Å². The highest BCUT2D eigenvalue weighted by molar-refractivity contribution is 5.54. The molecule has 2 aromatic heterocycles. The molecule has 3 aliphatic rings. The first-order valence-corrected chi connectivity index (χ1v) is 7.99. The first kappa shape index (κ1) is 12.4. The summed E-state index contributed by atoms with van der Waals surface area (Å²) in [6.07, 6.45) is 4.35. The van der Waals surface area contributed by atoms with Crippen molar-refractivity contribution in [2.75, 3.05) is 29.9 Å². The molecule has 7 nitrogen and oxygen atoms in total. The van der Waals surface area contributed by atoms with E-state index in [9.17, 15) is 0 Å². The van der Waals surface area contributed by atoms with E-state index in [4.69, 9.17) is 0 Å². The van der Waals surface area contributed by atoms with Gasteiger partial charge >= 0.3 is 0 Å². The Morgan fingerprint density at radius 2 is 2.18 bits per heavy atom. The Hall–Kier alpha value is -2.15. The summed E-state index contributed by atoms with van der Waals surface area (Å²) < 4.78 is 0. The van der Waals surface area contributed by atoms with Crippen LogP contribution in [-0.2, 0) is 0 Å². The number of H-pyrrole nitrogens is 1. The molecule has 5 rings (SSSR count). The van der Waals surface area contributed by atoms with Crippen LogP contribution in [0.1, 0.15) is 24.5 Å². The van der Waals surface area contributed by atoms with Gasteiger partial charge in [-0.25, -0.2) is 4.98 Å². The molecule has 4 heterocycles. The van der Waals surface area contributed by atoms with E-state index in [1.165, 1.54) is 18.5 Å². The Bertz CT molecular complexity index is 681. The lowest BCUT2D eigenvalue weighted by atomic mass is 9.96. The Kier molecular flexibility index (Phi) is 2.63. The van der Waals surface area contributed by atoms with Crippen LogP contribution >= 0.6 is 0 Å². The summed E-state index contributed by atoms with van der Waals surface area (Å²) >= 11 is 0. The van der Waals surface area contributed by atoms with Gasteiger partial charge in [0.2, 0.25) is 5.95 Å².